The van der Waals surface area contributed by atoms with Gasteiger partial charge < -0.3 is 4.74 Å². The van der Waals surface area contributed by atoms with Crippen molar-refractivity contribution in [3.63, 3.8) is 0 Å². The van der Waals surface area contributed by atoms with Gasteiger partial charge in [-0.05, 0) is 24.5 Å². The molecule has 0 aromatic carbocycles. The fourth-order valence-corrected chi connectivity index (χ4v) is 0.352. The largest absolute Gasteiger partial charge is 0.453 e. The summed E-state index contributed by atoms with van der Waals surface area (Å²) >= 11 is 0. The molecule has 60 valence electrons. The highest BCUT2D eigenvalue weighted by Gasteiger charge is 2.06. The van der Waals surface area contributed by atoms with Gasteiger partial charge in [0.05, 0.1) is 0 Å². The molecule has 1 unspecified atom stereocenters. The SMILES string of the molecule is C=C(C)C(=O)OC(C)N=[N+]=[N-]. The van der Waals surface area contributed by atoms with Crippen LogP contribution in [0.5, 0.6) is 0 Å². The van der Waals surface area contributed by atoms with Crippen molar-refractivity contribution in [2.45, 2.75) is 20.1 Å². The molecule has 0 fully saturated rings. The molecule has 0 bridgehead atoms. The van der Waals surface area contributed by atoms with Crippen molar-refractivity contribution in [3.8, 4) is 0 Å². The number of nitrogens with zero attached hydrogens (tertiary/aromatic N) is 3. The molecule has 0 aromatic heterocycles. The Morgan fingerprint density at radius 2 is 2.36 bits per heavy atom. The summed E-state index contributed by atoms with van der Waals surface area (Å²) in [6, 6.07) is 0. The zero-order chi connectivity index (χ0) is 8.85. The summed E-state index contributed by atoms with van der Waals surface area (Å²) in [7, 11) is 0. The van der Waals surface area contributed by atoms with E-state index in [2.05, 4.69) is 21.3 Å². The van der Waals surface area contributed by atoms with E-state index in [1.54, 1.807) is 0 Å². The van der Waals surface area contributed by atoms with Gasteiger partial charge in [0.1, 0.15) is 0 Å². The van der Waals surface area contributed by atoms with Crippen molar-refractivity contribution in [2.75, 3.05) is 0 Å². The molecular formula is C6H9N3O2. The predicted octanol–water partition coefficient (Wildman–Crippen LogP) is 1.76. The molecule has 0 radical (unpaired) electrons. The molecule has 11 heavy (non-hydrogen) atoms. The zero-order valence-corrected chi connectivity index (χ0v) is 6.44. The maximum absolute atomic E-state index is 10.7. The van der Waals surface area contributed by atoms with Crippen LogP contribution in [0.15, 0.2) is 17.3 Å². The van der Waals surface area contributed by atoms with Gasteiger partial charge in [-0.2, -0.15) is 0 Å². The van der Waals surface area contributed by atoms with Crippen molar-refractivity contribution in [3.05, 3.63) is 22.6 Å². The highest BCUT2D eigenvalue weighted by molar-refractivity contribution is 5.87. The van der Waals surface area contributed by atoms with Crippen molar-refractivity contribution in [1.82, 2.24) is 0 Å². The fraction of sp³-hybridized carbons (Fsp3) is 0.500. The first-order valence-corrected chi connectivity index (χ1v) is 2.98. The standard InChI is InChI=1S/C6H9N3O2/c1-4(2)6(10)11-5(3)8-9-7/h5H,1H2,2-3H3. The van der Waals surface area contributed by atoms with E-state index in [9.17, 15) is 4.79 Å². The number of esters is 1. The molecule has 0 aliphatic rings. The second-order valence-electron chi connectivity index (χ2n) is 1.99. The number of azide groups is 1. The summed E-state index contributed by atoms with van der Waals surface area (Å²) < 4.78 is 4.59. The van der Waals surface area contributed by atoms with Gasteiger partial charge in [0.25, 0.3) is 0 Å². The predicted molar refractivity (Wildman–Crippen MR) is 39.5 cm³/mol. The summed E-state index contributed by atoms with van der Waals surface area (Å²) in [5.41, 5.74) is 8.22. The van der Waals surface area contributed by atoms with E-state index in [-0.39, 0.29) is 5.57 Å². The number of rotatable bonds is 3. The number of hydrogen-bond donors (Lipinski definition) is 0. The molecule has 0 aromatic rings. The molecule has 1 atom stereocenters. The van der Waals surface area contributed by atoms with E-state index in [1.165, 1.54) is 13.8 Å². The van der Waals surface area contributed by atoms with Gasteiger partial charge in [-0.1, -0.05) is 6.58 Å². The smallest absolute Gasteiger partial charge is 0.333 e. The molecule has 0 heterocycles. The summed E-state index contributed by atoms with van der Waals surface area (Å²) in [5.74, 6) is -0.551. The normalized spacial score (nSPS) is 11.1. The van der Waals surface area contributed by atoms with Crippen LogP contribution in [0.4, 0.5) is 0 Å². The van der Waals surface area contributed by atoms with Gasteiger partial charge in [0.2, 0.25) is 0 Å². The lowest BCUT2D eigenvalue weighted by Crippen LogP contribution is -2.12. The Kier molecular flexibility index (Phi) is 3.77. The van der Waals surface area contributed by atoms with Crippen molar-refractivity contribution >= 4 is 5.97 Å². The van der Waals surface area contributed by atoms with E-state index >= 15 is 0 Å². The van der Waals surface area contributed by atoms with Crippen molar-refractivity contribution < 1.29 is 9.53 Å². The van der Waals surface area contributed by atoms with Gasteiger partial charge in [0, 0.05) is 10.5 Å². The third kappa shape index (κ3) is 4.00. The Labute approximate surface area is 64.3 Å². The Hall–Kier alpha value is -1.48. The first-order valence-electron chi connectivity index (χ1n) is 2.98. The average molecular weight is 155 g/mol. The molecular weight excluding hydrogens is 146 g/mol. The molecule has 5 nitrogen and oxygen atoms in total. The van der Waals surface area contributed by atoms with E-state index in [0.717, 1.165) is 0 Å². The summed E-state index contributed by atoms with van der Waals surface area (Å²) in [4.78, 5) is 13.2. The third-order valence-corrected chi connectivity index (χ3v) is 0.840. The summed E-state index contributed by atoms with van der Waals surface area (Å²) in [5, 5.41) is 3.14. The first kappa shape index (κ1) is 9.52. The number of carbonyl (C=O) groups is 1. The molecule has 0 aliphatic carbocycles. The van der Waals surface area contributed by atoms with Crippen LogP contribution in [0.25, 0.3) is 10.4 Å². The van der Waals surface area contributed by atoms with Gasteiger partial charge in [-0.15, -0.1) is 0 Å². The molecule has 5 heteroatoms. The monoisotopic (exact) mass is 155 g/mol. The van der Waals surface area contributed by atoms with Crippen LogP contribution < -0.4 is 0 Å². The highest BCUT2D eigenvalue weighted by Crippen LogP contribution is 1.98. The van der Waals surface area contributed by atoms with Crippen LogP contribution >= 0.6 is 0 Å². The number of hydrogen-bond acceptors (Lipinski definition) is 3. The third-order valence-electron chi connectivity index (χ3n) is 0.840. The minimum absolute atomic E-state index is 0.282. The molecule has 0 saturated heterocycles. The molecule has 0 saturated carbocycles. The molecule has 0 rings (SSSR count). The topological polar surface area (TPSA) is 75.1 Å². The van der Waals surface area contributed by atoms with E-state index in [0.29, 0.717) is 0 Å². The van der Waals surface area contributed by atoms with E-state index in [1.807, 2.05) is 0 Å². The van der Waals surface area contributed by atoms with Crippen LogP contribution in [-0.4, -0.2) is 12.2 Å². The lowest BCUT2D eigenvalue weighted by molar-refractivity contribution is -0.143. The van der Waals surface area contributed by atoms with Gasteiger partial charge in [-0.25, -0.2) is 4.79 Å². The summed E-state index contributed by atoms with van der Waals surface area (Å²) in [6.07, 6.45) is -0.774. The fourth-order valence-electron chi connectivity index (χ4n) is 0.352. The van der Waals surface area contributed by atoms with E-state index < -0.39 is 12.2 Å². The Morgan fingerprint density at radius 3 is 2.73 bits per heavy atom. The lowest BCUT2D eigenvalue weighted by Gasteiger charge is -2.05. The van der Waals surface area contributed by atoms with Crippen LogP contribution in [0.3, 0.4) is 0 Å². The maximum Gasteiger partial charge on any atom is 0.333 e. The van der Waals surface area contributed by atoms with Gasteiger partial charge in [0.15, 0.2) is 6.23 Å². The lowest BCUT2D eigenvalue weighted by atomic mass is 10.4. The van der Waals surface area contributed by atoms with Crippen molar-refractivity contribution in [1.29, 1.82) is 0 Å². The maximum atomic E-state index is 10.7. The Balaban J connectivity index is 3.94. The minimum atomic E-state index is -0.774. The summed E-state index contributed by atoms with van der Waals surface area (Å²) in [6.45, 7) is 6.35. The van der Waals surface area contributed by atoms with Crippen LogP contribution in [-0.2, 0) is 9.53 Å². The second-order valence-corrected chi connectivity index (χ2v) is 1.99. The molecule has 0 spiro atoms. The second kappa shape index (κ2) is 4.35. The van der Waals surface area contributed by atoms with Crippen LogP contribution in [0.1, 0.15) is 13.8 Å². The van der Waals surface area contributed by atoms with E-state index in [4.69, 9.17) is 5.53 Å². The zero-order valence-electron chi connectivity index (χ0n) is 6.44. The first-order chi connectivity index (χ1) is 5.07. The molecule has 0 amide bonds. The van der Waals surface area contributed by atoms with Gasteiger partial charge in [-0.3, -0.25) is 0 Å². The minimum Gasteiger partial charge on any atom is -0.453 e. The quantitative estimate of drug-likeness (QED) is 0.205. The Bertz CT molecular complexity index is 218. The van der Waals surface area contributed by atoms with Crippen LogP contribution in [0, 0.1) is 0 Å². The highest BCUT2D eigenvalue weighted by atomic mass is 16.6. The Morgan fingerprint density at radius 1 is 1.82 bits per heavy atom. The number of carbonyl (C=O) groups excluding carboxylic acids is 1. The number of ether oxygens (including phenoxy) is 1. The van der Waals surface area contributed by atoms with Crippen LogP contribution in [0.2, 0.25) is 0 Å². The molecule has 0 aliphatic heterocycles. The average Bonchev–Trinajstić information content (AvgIpc) is 1.87. The molecule has 0 N–H and O–H groups in total. The van der Waals surface area contributed by atoms with Crippen molar-refractivity contribution in [2.24, 2.45) is 5.11 Å². The van der Waals surface area contributed by atoms with Gasteiger partial charge >= 0.3 is 5.97 Å².